The van der Waals surface area contributed by atoms with E-state index in [1.165, 1.54) is 0 Å². The van der Waals surface area contributed by atoms with E-state index in [0.717, 1.165) is 11.4 Å². The molecule has 1 unspecified atom stereocenters. The molecule has 0 saturated carbocycles. The summed E-state index contributed by atoms with van der Waals surface area (Å²) in [5.74, 6) is 0.339. The van der Waals surface area contributed by atoms with Gasteiger partial charge in [-0.25, -0.2) is 0 Å². The van der Waals surface area contributed by atoms with Crippen LogP contribution in [0, 0.1) is 0 Å². The lowest BCUT2D eigenvalue weighted by Gasteiger charge is -1.73. The second kappa shape index (κ2) is 4.53. The van der Waals surface area contributed by atoms with Gasteiger partial charge in [0.1, 0.15) is 0 Å². The van der Waals surface area contributed by atoms with Gasteiger partial charge >= 0.3 is 7.23 Å². The topological polar surface area (TPSA) is 57.5 Å². The third-order valence-electron chi connectivity index (χ3n) is 0.293. The third-order valence-corrected chi connectivity index (χ3v) is 2.09. The van der Waals surface area contributed by atoms with Crippen LogP contribution in [0.4, 0.5) is 0 Å². The van der Waals surface area contributed by atoms with Crippen LogP contribution in [0.3, 0.4) is 0 Å². The summed E-state index contributed by atoms with van der Waals surface area (Å²) in [6, 6.07) is 0. The summed E-state index contributed by atoms with van der Waals surface area (Å²) in [6.45, 7) is -0.0354. The molecule has 1 atom stereocenters. The molecule has 0 saturated heterocycles. The van der Waals surface area contributed by atoms with Crippen LogP contribution in [0.25, 0.3) is 0 Å². The Hall–Kier alpha value is 0.370. The molecule has 3 nitrogen and oxygen atoms in total. The van der Waals surface area contributed by atoms with Crippen molar-refractivity contribution >= 4 is 18.6 Å². The van der Waals surface area contributed by atoms with Crippen molar-refractivity contribution in [1.29, 1.82) is 0 Å². The fourth-order valence-electron chi connectivity index (χ4n) is 0.119. The molecule has 42 valence electrons. The van der Waals surface area contributed by atoms with E-state index >= 15 is 0 Å². The van der Waals surface area contributed by atoms with Gasteiger partial charge in [0.25, 0.3) is 0 Å². The van der Waals surface area contributed by atoms with Gasteiger partial charge in [-0.2, -0.15) is 4.89 Å². The molecule has 5 heteroatoms. The van der Waals surface area contributed by atoms with Crippen LogP contribution < -0.4 is 0 Å². The quantitative estimate of drug-likeness (QED) is 0.557. The van der Waals surface area contributed by atoms with Gasteiger partial charge in [-0.05, 0) is 4.57 Å². The zero-order valence-corrected chi connectivity index (χ0v) is 5.28. The van der Waals surface area contributed by atoms with Gasteiger partial charge in [0.2, 0.25) is 0 Å². The second-order valence-corrected chi connectivity index (χ2v) is 3.65. The highest BCUT2D eigenvalue weighted by molar-refractivity contribution is 8.50. The Morgan fingerprint density at radius 1 is 1.71 bits per heavy atom. The SMILES string of the molecule is O=[P+](O)SCCO. The van der Waals surface area contributed by atoms with Gasteiger partial charge in [0.15, 0.2) is 11.4 Å². The van der Waals surface area contributed by atoms with Crippen molar-refractivity contribution in [3.05, 3.63) is 0 Å². The molecule has 0 aliphatic rings. The van der Waals surface area contributed by atoms with Crippen LogP contribution in [-0.4, -0.2) is 22.4 Å². The summed E-state index contributed by atoms with van der Waals surface area (Å²) >= 11 is 0.846. The minimum Gasteiger partial charge on any atom is -0.395 e. The number of hydrogen-bond acceptors (Lipinski definition) is 3. The molecule has 0 aromatic rings. The maximum Gasteiger partial charge on any atom is 0.582 e. The van der Waals surface area contributed by atoms with Crippen molar-refractivity contribution < 1.29 is 14.6 Å². The van der Waals surface area contributed by atoms with Crippen LogP contribution in [0.5, 0.6) is 0 Å². The van der Waals surface area contributed by atoms with Gasteiger partial charge in [-0.15, -0.1) is 0 Å². The van der Waals surface area contributed by atoms with Gasteiger partial charge in [-0.3, -0.25) is 0 Å². The molecule has 0 fully saturated rings. The Morgan fingerprint density at radius 3 is 2.43 bits per heavy atom. The molecule has 0 rings (SSSR count). The Morgan fingerprint density at radius 2 is 2.29 bits per heavy atom. The first-order chi connectivity index (χ1) is 3.27. The monoisotopic (exact) mass is 141 g/mol. The van der Waals surface area contributed by atoms with E-state index in [9.17, 15) is 4.57 Å². The first-order valence-corrected chi connectivity index (χ1v) is 4.47. The van der Waals surface area contributed by atoms with Crippen molar-refractivity contribution in [3.63, 3.8) is 0 Å². The maximum absolute atomic E-state index is 9.76. The Bertz CT molecular complexity index is 66.0. The summed E-state index contributed by atoms with van der Waals surface area (Å²) in [5.41, 5.74) is 0. The van der Waals surface area contributed by atoms with E-state index in [1.807, 2.05) is 0 Å². The van der Waals surface area contributed by atoms with E-state index in [1.54, 1.807) is 0 Å². The standard InChI is InChI=1S/C2H5O3PS/c3-1-2-7-6(4)5/h3H,1-2H2/p+1. The fourth-order valence-corrected chi connectivity index (χ4v) is 1.07. The molecule has 0 amide bonds. The molecule has 0 aliphatic carbocycles. The molecular weight excluding hydrogens is 135 g/mol. The molecule has 0 heterocycles. The third kappa shape index (κ3) is 6.37. The predicted octanol–water partition coefficient (Wildman–Crippen LogP) is 0.362. The molecule has 7 heavy (non-hydrogen) atoms. The van der Waals surface area contributed by atoms with Crippen molar-refractivity contribution in [3.8, 4) is 0 Å². The Balaban J connectivity index is 2.82. The highest BCUT2D eigenvalue weighted by Gasteiger charge is 2.09. The number of aliphatic hydroxyl groups excluding tert-OH is 1. The van der Waals surface area contributed by atoms with Gasteiger partial charge < -0.3 is 5.11 Å². The lowest BCUT2D eigenvalue weighted by molar-refractivity contribution is 0.322. The van der Waals surface area contributed by atoms with Crippen LogP contribution in [0.2, 0.25) is 0 Å². The van der Waals surface area contributed by atoms with Crippen molar-refractivity contribution in [2.24, 2.45) is 0 Å². The second-order valence-electron chi connectivity index (χ2n) is 0.795. The molecule has 0 aromatic heterocycles. The van der Waals surface area contributed by atoms with E-state index < -0.39 is 7.23 Å². The highest BCUT2D eigenvalue weighted by atomic mass is 32.7. The first-order valence-electron chi connectivity index (χ1n) is 1.67. The summed E-state index contributed by atoms with van der Waals surface area (Å²) in [5, 5.41) is 8.05. The minimum absolute atomic E-state index is 0.0354. The zero-order valence-electron chi connectivity index (χ0n) is 3.57. The molecule has 0 bridgehead atoms. The van der Waals surface area contributed by atoms with Crippen LogP contribution in [0.1, 0.15) is 0 Å². The van der Waals surface area contributed by atoms with Crippen molar-refractivity contribution in [2.75, 3.05) is 12.4 Å². The molecule has 0 aromatic carbocycles. The van der Waals surface area contributed by atoms with Crippen LogP contribution >= 0.6 is 18.6 Å². The molecule has 0 aliphatic heterocycles. The van der Waals surface area contributed by atoms with E-state index in [2.05, 4.69) is 0 Å². The lowest BCUT2D eigenvalue weighted by atomic mass is 10.9. The van der Waals surface area contributed by atoms with E-state index in [-0.39, 0.29) is 6.61 Å². The molecule has 0 spiro atoms. The minimum atomic E-state index is -2.10. The van der Waals surface area contributed by atoms with Crippen molar-refractivity contribution in [2.45, 2.75) is 0 Å². The molecule has 2 N–H and O–H groups in total. The summed E-state index contributed by atoms with van der Waals surface area (Å²) in [6.07, 6.45) is 0. The maximum atomic E-state index is 9.76. The first kappa shape index (κ1) is 7.37. The average Bonchev–Trinajstić information content (AvgIpc) is 1.61. The van der Waals surface area contributed by atoms with Gasteiger partial charge in [0, 0.05) is 0 Å². The zero-order chi connectivity index (χ0) is 5.70. The molecular formula is C2H6O3PS+. The summed E-state index contributed by atoms with van der Waals surface area (Å²) < 4.78 is 9.76. The number of rotatable bonds is 3. The lowest BCUT2D eigenvalue weighted by Crippen LogP contribution is -1.80. The molecule has 0 radical (unpaired) electrons. The normalized spacial score (nSPS) is 11.4. The smallest absolute Gasteiger partial charge is 0.395 e. The van der Waals surface area contributed by atoms with Crippen molar-refractivity contribution in [1.82, 2.24) is 0 Å². The van der Waals surface area contributed by atoms with E-state index in [4.69, 9.17) is 10.00 Å². The van der Waals surface area contributed by atoms with Crippen LogP contribution in [0.15, 0.2) is 0 Å². The summed E-state index contributed by atoms with van der Waals surface area (Å²) in [4.78, 5) is 8.04. The fraction of sp³-hybridized carbons (Fsp3) is 1.00. The highest BCUT2D eigenvalue weighted by Crippen LogP contribution is 2.31. The van der Waals surface area contributed by atoms with Crippen LogP contribution in [-0.2, 0) is 4.57 Å². The Kier molecular flexibility index (Phi) is 4.77. The summed E-state index contributed by atoms with van der Waals surface area (Å²) in [7, 11) is -2.10. The predicted molar refractivity (Wildman–Crippen MR) is 29.4 cm³/mol. The van der Waals surface area contributed by atoms with Gasteiger partial charge in [0.05, 0.1) is 12.4 Å². The van der Waals surface area contributed by atoms with E-state index in [0.29, 0.717) is 5.75 Å². The van der Waals surface area contributed by atoms with Gasteiger partial charge in [-0.1, -0.05) is 0 Å². The average molecular weight is 141 g/mol. The number of hydrogen-bond donors (Lipinski definition) is 2. The number of aliphatic hydroxyl groups is 1. The largest absolute Gasteiger partial charge is 0.582 e. The Labute approximate surface area is 46.4 Å².